The molecule has 0 saturated carbocycles. The molecule has 4 rings (SSSR count). The van der Waals surface area contributed by atoms with Crippen LogP contribution in [0.15, 0.2) is 72.8 Å². The quantitative estimate of drug-likeness (QED) is 0.410. The number of fused-ring (bicyclic) bond motifs is 1. The van der Waals surface area contributed by atoms with E-state index in [9.17, 15) is 19.0 Å². The molecule has 30 heavy (non-hydrogen) atoms. The molecule has 0 radical (unpaired) electrons. The molecule has 3 aromatic carbocycles. The Morgan fingerprint density at radius 2 is 0.967 bits per heavy atom. The van der Waals surface area contributed by atoms with Gasteiger partial charge in [-0.3, -0.25) is 0 Å². The van der Waals surface area contributed by atoms with E-state index in [4.69, 9.17) is 0 Å². The summed E-state index contributed by atoms with van der Waals surface area (Å²) in [6, 6.07) is 17.9. The van der Waals surface area contributed by atoms with E-state index in [2.05, 4.69) is 9.97 Å². The van der Waals surface area contributed by atoms with E-state index in [1.54, 1.807) is 12.1 Å². The molecule has 4 nitrogen and oxygen atoms in total. The molecule has 0 bridgehead atoms. The molecule has 0 aliphatic carbocycles. The Morgan fingerprint density at radius 3 is 1.33 bits per heavy atom. The maximum absolute atomic E-state index is 13.2. The summed E-state index contributed by atoms with van der Waals surface area (Å²) in [7, 11) is 0. The monoisotopic (exact) mass is 402 g/mol. The SMILES string of the molecule is O/C(=C\c1nc2ccccc2nc1/C=C(/O)c1ccc(F)cc1)c1ccc(F)cc1. The van der Waals surface area contributed by atoms with E-state index in [1.807, 2.05) is 12.1 Å². The fourth-order valence-corrected chi connectivity index (χ4v) is 2.91. The summed E-state index contributed by atoms with van der Waals surface area (Å²) in [5, 5.41) is 21.0. The predicted molar refractivity (Wildman–Crippen MR) is 113 cm³/mol. The topological polar surface area (TPSA) is 66.2 Å². The minimum Gasteiger partial charge on any atom is -0.507 e. The number of benzene rings is 3. The molecule has 0 spiro atoms. The van der Waals surface area contributed by atoms with Crippen molar-refractivity contribution in [1.82, 2.24) is 9.97 Å². The van der Waals surface area contributed by atoms with E-state index in [0.717, 1.165) is 0 Å². The minimum absolute atomic E-state index is 0.129. The largest absolute Gasteiger partial charge is 0.507 e. The van der Waals surface area contributed by atoms with Crippen LogP contribution in [-0.4, -0.2) is 20.2 Å². The van der Waals surface area contributed by atoms with Crippen molar-refractivity contribution in [3.63, 3.8) is 0 Å². The third kappa shape index (κ3) is 4.17. The lowest BCUT2D eigenvalue weighted by Gasteiger charge is -2.07. The minimum atomic E-state index is -0.412. The first-order valence-corrected chi connectivity index (χ1v) is 9.09. The van der Waals surface area contributed by atoms with Crippen LogP contribution in [0.25, 0.3) is 34.7 Å². The second-order valence-electron chi connectivity index (χ2n) is 6.56. The molecule has 0 saturated heterocycles. The molecule has 6 heteroatoms. The number of hydrogen-bond acceptors (Lipinski definition) is 4. The first-order valence-electron chi connectivity index (χ1n) is 9.09. The molecule has 2 N–H and O–H groups in total. The number of para-hydroxylation sites is 2. The lowest BCUT2D eigenvalue weighted by molar-refractivity contribution is 0.514. The van der Waals surface area contributed by atoms with E-state index in [0.29, 0.717) is 33.5 Å². The maximum Gasteiger partial charge on any atom is 0.125 e. The van der Waals surface area contributed by atoms with Crippen LogP contribution in [0.1, 0.15) is 22.5 Å². The normalized spacial score (nSPS) is 12.3. The zero-order valence-electron chi connectivity index (χ0n) is 15.6. The van der Waals surface area contributed by atoms with Gasteiger partial charge in [-0.1, -0.05) is 12.1 Å². The molecule has 0 aliphatic heterocycles. The van der Waals surface area contributed by atoms with E-state index in [1.165, 1.54) is 60.7 Å². The maximum atomic E-state index is 13.2. The smallest absolute Gasteiger partial charge is 0.125 e. The van der Waals surface area contributed by atoms with Gasteiger partial charge in [-0.05, 0) is 60.7 Å². The lowest BCUT2D eigenvalue weighted by Crippen LogP contribution is -1.96. The molecule has 1 aromatic heterocycles. The van der Waals surface area contributed by atoms with Gasteiger partial charge in [0.15, 0.2) is 0 Å². The standard InChI is InChI=1S/C24H16F2N2O2/c25-17-9-5-15(6-10-17)23(29)13-21-22(28-20-4-2-1-3-19(20)27-21)14-24(30)16-7-11-18(26)12-8-16/h1-14,29-30H/b23-13-,24-14+. The fraction of sp³-hybridized carbons (Fsp3) is 0. The third-order valence-corrected chi connectivity index (χ3v) is 4.45. The van der Waals surface area contributed by atoms with Gasteiger partial charge in [0.25, 0.3) is 0 Å². The second kappa shape index (κ2) is 8.13. The summed E-state index contributed by atoms with van der Waals surface area (Å²) < 4.78 is 26.3. The predicted octanol–water partition coefficient (Wildman–Crippen LogP) is 6.02. The van der Waals surface area contributed by atoms with E-state index in [-0.39, 0.29) is 11.5 Å². The highest BCUT2D eigenvalue weighted by Crippen LogP contribution is 2.23. The van der Waals surface area contributed by atoms with Crippen molar-refractivity contribution < 1.29 is 19.0 Å². The molecular weight excluding hydrogens is 386 g/mol. The van der Waals surface area contributed by atoms with Gasteiger partial charge in [0, 0.05) is 23.3 Å². The third-order valence-electron chi connectivity index (χ3n) is 4.45. The van der Waals surface area contributed by atoms with Crippen molar-refractivity contribution in [1.29, 1.82) is 0 Å². The zero-order chi connectivity index (χ0) is 21.1. The number of halogens is 2. The van der Waals surface area contributed by atoms with Crippen LogP contribution in [0.5, 0.6) is 0 Å². The molecule has 0 unspecified atom stereocenters. The molecule has 148 valence electrons. The Kier molecular flexibility index (Phi) is 5.22. The summed E-state index contributed by atoms with van der Waals surface area (Å²) in [6.45, 7) is 0. The molecular formula is C24H16F2N2O2. The Labute approximate surface area is 171 Å². The van der Waals surface area contributed by atoms with Crippen molar-refractivity contribution in [2.75, 3.05) is 0 Å². The number of aliphatic hydroxyl groups is 2. The van der Waals surface area contributed by atoms with Gasteiger partial charge in [-0.25, -0.2) is 18.7 Å². The number of nitrogens with zero attached hydrogens (tertiary/aromatic N) is 2. The number of aromatic nitrogens is 2. The van der Waals surface area contributed by atoms with E-state index >= 15 is 0 Å². The Balaban J connectivity index is 1.83. The summed E-state index contributed by atoms with van der Waals surface area (Å²) in [5.41, 5.74) is 2.64. The number of hydrogen-bond donors (Lipinski definition) is 2. The Bertz CT molecular complexity index is 1160. The summed E-state index contributed by atoms with van der Waals surface area (Å²) in [4.78, 5) is 9.06. The lowest BCUT2D eigenvalue weighted by atomic mass is 10.1. The molecule has 1 heterocycles. The molecule has 4 aromatic rings. The van der Waals surface area contributed by atoms with E-state index < -0.39 is 11.6 Å². The Morgan fingerprint density at radius 1 is 0.600 bits per heavy atom. The van der Waals surface area contributed by atoms with Gasteiger partial charge in [0.05, 0.1) is 22.4 Å². The van der Waals surface area contributed by atoms with Gasteiger partial charge in [-0.2, -0.15) is 0 Å². The Hall–Kier alpha value is -4.06. The van der Waals surface area contributed by atoms with Crippen LogP contribution in [0.2, 0.25) is 0 Å². The van der Waals surface area contributed by atoms with Crippen LogP contribution in [0.4, 0.5) is 8.78 Å². The average Bonchev–Trinajstić information content (AvgIpc) is 2.75. The van der Waals surface area contributed by atoms with Gasteiger partial charge < -0.3 is 10.2 Å². The van der Waals surface area contributed by atoms with Crippen LogP contribution in [-0.2, 0) is 0 Å². The van der Waals surface area contributed by atoms with Crippen molar-refractivity contribution >= 4 is 34.7 Å². The average molecular weight is 402 g/mol. The molecule has 0 amide bonds. The highest BCUT2D eigenvalue weighted by atomic mass is 19.1. The summed E-state index contributed by atoms with van der Waals surface area (Å²) >= 11 is 0. The first-order chi connectivity index (χ1) is 14.5. The zero-order valence-corrected chi connectivity index (χ0v) is 15.6. The van der Waals surface area contributed by atoms with Crippen molar-refractivity contribution in [3.8, 4) is 0 Å². The van der Waals surface area contributed by atoms with Gasteiger partial charge in [0.1, 0.15) is 23.2 Å². The molecule has 0 aliphatic rings. The van der Waals surface area contributed by atoms with Gasteiger partial charge in [0.2, 0.25) is 0 Å². The highest BCUT2D eigenvalue weighted by Gasteiger charge is 2.10. The van der Waals surface area contributed by atoms with Gasteiger partial charge in [-0.15, -0.1) is 0 Å². The van der Waals surface area contributed by atoms with Crippen molar-refractivity contribution in [3.05, 3.63) is 107 Å². The highest BCUT2D eigenvalue weighted by molar-refractivity contribution is 5.86. The number of aliphatic hydroxyl groups excluding tert-OH is 2. The van der Waals surface area contributed by atoms with Gasteiger partial charge >= 0.3 is 0 Å². The number of rotatable bonds is 4. The fourth-order valence-electron chi connectivity index (χ4n) is 2.91. The summed E-state index contributed by atoms with van der Waals surface area (Å²) in [5.74, 6) is -1.08. The van der Waals surface area contributed by atoms with Crippen LogP contribution < -0.4 is 0 Å². The summed E-state index contributed by atoms with van der Waals surface area (Å²) in [6.07, 6.45) is 2.80. The first kappa shape index (κ1) is 19.3. The van der Waals surface area contributed by atoms with Crippen molar-refractivity contribution in [2.45, 2.75) is 0 Å². The molecule has 0 fully saturated rings. The molecule has 0 atom stereocenters. The van der Waals surface area contributed by atoms with Crippen LogP contribution in [0, 0.1) is 11.6 Å². The van der Waals surface area contributed by atoms with Crippen LogP contribution in [0.3, 0.4) is 0 Å². The second-order valence-corrected chi connectivity index (χ2v) is 6.56. The van der Waals surface area contributed by atoms with Crippen LogP contribution >= 0.6 is 0 Å². The van der Waals surface area contributed by atoms with Crippen molar-refractivity contribution in [2.24, 2.45) is 0 Å².